The van der Waals surface area contributed by atoms with Crippen molar-refractivity contribution in [3.05, 3.63) is 11.3 Å². The number of nitrogens with one attached hydrogen (secondary N) is 1. The second-order valence-corrected chi connectivity index (χ2v) is 6.74. The Bertz CT molecular complexity index is 437. The maximum absolute atomic E-state index is 10.4. The number of allylic oxidation sites excluding steroid dienone is 1. The van der Waals surface area contributed by atoms with Crippen LogP contribution in [0.15, 0.2) is 11.3 Å². The normalized spacial score (nSPS) is 27.5. The van der Waals surface area contributed by atoms with Crippen LogP contribution >= 0.6 is 0 Å². The van der Waals surface area contributed by atoms with Gasteiger partial charge in [0.05, 0.1) is 18.8 Å². The predicted octanol–water partition coefficient (Wildman–Crippen LogP) is 1.97. The van der Waals surface area contributed by atoms with E-state index in [9.17, 15) is 15.0 Å². The highest BCUT2D eigenvalue weighted by atomic mass is 16.6. The van der Waals surface area contributed by atoms with Crippen LogP contribution in [0.5, 0.6) is 0 Å². The molecule has 6 nitrogen and oxygen atoms in total. The topological polar surface area (TPSA) is 99.0 Å². The number of fused-ring (bicyclic) bond motifs is 1. The summed E-state index contributed by atoms with van der Waals surface area (Å²) < 4.78 is 0. The number of carboxylic acids is 1. The average Bonchev–Trinajstić information content (AvgIpc) is 2.72. The Morgan fingerprint density at radius 3 is 2.87 bits per heavy atom. The van der Waals surface area contributed by atoms with Gasteiger partial charge >= 0.3 is 5.97 Å². The van der Waals surface area contributed by atoms with Crippen LogP contribution in [0.3, 0.4) is 0 Å². The van der Waals surface area contributed by atoms with E-state index >= 15 is 0 Å². The number of aliphatic hydroxyl groups is 2. The molecular weight excluding hydrogens is 298 g/mol. The number of hydrogen-bond acceptors (Lipinski definition) is 5. The zero-order valence-corrected chi connectivity index (χ0v) is 13.8. The van der Waals surface area contributed by atoms with Gasteiger partial charge in [-0.3, -0.25) is 15.1 Å². The molecule has 0 saturated heterocycles. The van der Waals surface area contributed by atoms with Gasteiger partial charge in [0.25, 0.3) is 0 Å². The minimum absolute atomic E-state index is 0.108. The number of aliphatic carboxylic acids is 1. The van der Waals surface area contributed by atoms with Crippen molar-refractivity contribution in [1.82, 2.24) is 5.48 Å². The Labute approximate surface area is 137 Å². The van der Waals surface area contributed by atoms with E-state index < -0.39 is 5.97 Å². The highest BCUT2D eigenvalue weighted by Crippen LogP contribution is 2.49. The Hall–Kier alpha value is -1.11. The molecule has 0 amide bonds. The maximum atomic E-state index is 10.4. The van der Waals surface area contributed by atoms with E-state index in [0.717, 1.165) is 44.2 Å². The molecule has 0 radical (unpaired) electrons. The summed E-state index contributed by atoms with van der Waals surface area (Å²) in [6, 6.07) is 0. The lowest BCUT2D eigenvalue weighted by Crippen LogP contribution is -2.32. The van der Waals surface area contributed by atoms with E-state index in [1.165, 1.54) is 5.57 Å². The summed E-state index contributed by atoms with van der Waals surface area (Å²) in [5.74, 6) is -0.354. The molecule has 23 heavy (non-hydrogen) atoms. The van der Waals surface area contributed by atoms with Crippen molar-refractivity contribution in [3.8, 4) is 0 Å². The highest BCUT2D eigenvalue weighted by molar-refractivity contribution is 5.66. The van der Waals surface area contributed by atoms with Crippen LogP contribution in [0.25, 0.3) is 0 Å². The molecule has 2 aliphatic rings. The summed E-state index contributed by atoms with van der Waals surface area (Å²) >= 11 is 0. The minimum atomic E-state index is -0.814. The van der Waals surface area contributed by atoms with Crippen molar-refractivity contribution in [2.45, 2.75) is 70.5 Å². The van der Waals surface area contributed by atoms with Crippen LogP contribution in [0.1, 0.15) is 58.3 Å². The van der Waals surface area contributed by atoms with Gasteiger partial charge in [0, 0.05) is 18.0 Å². The third-order valence-electron chi connectivity index (χ3n) is 4.96. The van der Waals surface area contributed by atoms with Gasteiger partial charge in [0.1, 0.15) is 0 Å². The molecule has 132 valence electrons. The third-order valence-corrected chi connectivity index (χ3v) is 4.96. The van der Waals surface area contributed by atoms with E-state index in [0.29, 0.717) is 13.0 Å². The van der Waals surface area contributed by atoms with E-state index in [1.807, 2.05) is 0 Å². The van der Waals surface area contributed by atoms with Gasteiger partial charge in [-0.15, -0.1) is 0 Å². The summed E-state index contributed by atoms with van der Waals surface area (Å²) in [6.07, 6.45) is 5.10. The molecule has 4 atom stereocenters. The number of hydrogen-bond donors (Lipinski definition) is 4. The minimum Gasteiger partial charge on any atom is -0.481 e. The first-order valence-corrected chi connectivity index (χ1v) is 8.70. The fraction of sp³-hybridized carbons (Fsp3) is 0.824. The number of aliphatic hydroxyl groups excluding tert-OH is 2. The molecule has 0 aromatic carbocycles. The van der Waals surface area contributed by atoms with Crippen molar-refractivity contribution >= 4 is 5.97 Å². The van der Waals surface area contributed by atoms with Crippen LogP contribution in [-0.2, 0) is 9.63 Å². The summed E-state index contributed by atoms with van der Waals surface area (Å²) in [4.78, 5) is 15.7. The van der Waals surface area contributed by atoms with Crippen molar-refractivity contribution in [3.63, 3.8) is 0 Å². The predicted molar refractivity (Wildman–Crippen MR) is 85.4 cm³/mol. The summed E-state index contributed by atoms with van der Waals surface area (Å²) in [5, 5.41) is 28.7. The van der Waals surface area contributed by atoms with Crippen molar-refractivity contribution < 1.29 is 25.0 Å². The van der Waals surface area contributed by atoms with Crippen molar-refractivity contribution in [1.29, 1.82) is 0 Å². The molecule has 4 N–H and O–H groups in total. The Balaban J connectivity index is 1.70. The molecule has 0 spiro atoms. The molecule has 2 aliphatic carbocycles. The van der Waals surface area contributed by atoms with Gasteiger partial charge in [0.15, 0.2) is 0 Å². The smallest absolute Gasteiger partial charge is 0.303 e. The van der Waals surface area contributed by atoms with Crippen LogP contribution in [0, 0.1) is 11.8 Å². The molecule has 0 aliphatic heterocycles. The zero-order chi connectivity index (χ0) is 16.8. The largest absolute Gasteiger partial charge is 0.481 e. The monoisotopic (exact) mass is 327 g/mol. The van der Waals surface area contributed by atoms with E-state index in [1.54, 1.807) is 0 Å². The van der Waals surface area contributed by atoms with Crippen molar-refractivity contribution in [2.24, 2.45) is 11.8 Å². The van der Waals surface area contributed by atoms with Gasteiger partial charge in [-0.25, -0.2) is 0 Å². The van der Waals surface area contributed by atoms with E-state index in [2.05, 4.69) is 12.4 Å². The number of carbonyl (C=O) groups is 1. The molecule has 0 heterocycles. The number of rotatable bonds is 11. The first kappa shape index (κ1) is 18.2. The van der Waals surface area contributed by atoms with Gasteiger partial charge in [-0.1, -0.05) is 13.3 Å². The lowest BCUT2D eigenvalue weighted by molar-refractivity contribution is -0.137. The van der Waals surface area contributed by atoms with Gasteiger partial charge in [-0.05, 0) is 50.0 Å². The average molecular weight is 327 g/mol. The summed E-state index contributed by atoms with van der Waals surface area (Å²) in [6.45, 7) is 2.43. The molecular formula is C17H29NO5. The van der Waals surface area contributed by atoms with Crippen molar-refractivity contribution in [2.75, 3.05) is 6.61 Å². The van der Waals surface area contributed by atoms with E-state index in [-0.39, 0.29) is 30.5 Å². The first-order valence-electron chi connectivity index (χ1n) is 8.70. The zero-order valence-electron chi connectivity index (χ0n) is 13.8. The molecule has 4 unspecified atom stereocenters. The molecule has 6 heteroatoms. The standard InChI is InChI=1S/C17H29NO5/c1-2-4-12(19)7-6-11-9-13-14(17(11)22)10-15(13)18-23-8-3-5-16(20)21/h11-12,14,17-19,22H,2-10H2,1H3,(H,20,21). The Kier molecular flexibility index (Phi) is 6.87. The van der Waals surface area contributed by atoms with Crippen LogP contribution in [0.2, 0.25) is 0 Å². The fourth-order valence-corrected chi connectivity index (χ4v) is 3.60. The summed E-state index contributed by atoms with van der Waals surface area (Å²) in [7, 11) is 0. The van der Waals surface area contributed by atoms with E-state index in [4.69, 9.17) is 9.94 Å². The lowest BCUT2D eigenvalue weighted by atomic mass is 9.83. The second-order valence-electron chi connectivity index (χ2n) is 6.74. The Morgan fingerprint density at radius 1 is 1.39 bits per heavy atom. The fourth-order valence-electron chi connectivity index (χ4n) is 3.60. The van der Waals surface area contributed by atoms with Gasteiger partial charge in [-0.2, -0.15) is 0 Å². The highest BCUT2D eigenvalue weighted by Gasteiger charge is 2.45. The molecule has 1 fully saturated rings. The quantitative estimate of drug-likeness (QED) is 0.342. The molecule has 0 bridgehead atoms. The first-order chi connectivity index (χ1) is 11.0. The van der Waals surface area contributed by atoms with Gasteiger partial charge in [0.2, 0.25) is 0 Å². The molecule has 2 rings (SSSR count). The molecule has 1 saturated carbocycles. The maximum Gasteiger partial charge on any atom is 0.303 e. The molecule has 0 aromatic rings. The summed E-state index contributed by atoms with van der Waals surface area (Å²) in [5.41, 5.74) is 5.20. The SMILES string of the molecule is CCCC(O)CCC1CC2=C(NOCCCC(=O)O)CC2C1O. The number of carboxylic acid groups (broad SMARTS) is 1. The third kappa shape index (κ3) is 4.93. The number of hydroxylamine groups is 1. The molecule has 0 aromatic heterocycles. The Morgan fingerprint density at radius 2 is 2.17 bits per heavy atom. The van der Waals surface area contributed by atoms with Crippen LogP contribution in [-0.4, -0.2) is 40.1 Å². The van der Waals surface area contributed by atoms with Crippen LogP contribution < -0.4 is 5.48 Å². The van der Waals surface area contributed by atoms with Crippen LogP contribution in [0.4, 0.5) is 0 Å². The lowest BCUT2D eigenvalue weighted by Gasteiger charge is -2.30. The second kappa shape index (κ2) is 8.66. The van der Waals surface area contributed by atoms with Gasteiger partial charge < -0.3 is 15.3 Å².